The first kappa shape index (κ1) is 11.1. The molecule has 0 spiro atoms. The van der Waals surface area contributed by atoms with Crippen LogP contribution >= 0.6 is 11.8 Å². The lowest BCUT2D eigenvalue weighted by molar-refractivity contribution is -0.115. The van der Waals surface area contributed by atoms with Gasteiger partial charge in [0.15, 0.2) is 0 Å². The van der Waals surface area contributed by atoms with Crippen molar-refractivity contribution in [1.82, 2.24) is 10.3 Å². The monoisotopic (exact) mass is 258 g/mol. The van der Waals surface area contributed by atoms with E-state index in [0.717, 1.165) is 33.9 Å². The molecule has 5 heteroatoms. The van der Waals surface area contributed by atoms with Crippen LogP contribution in [0.1, 0.15) is 11.3 Å². The number of H-pyrrole nitrogens is 1. The van der Waals surface area contributed by atoms with Crippen LogP contribution in [0.5, 0.6) is 0 Å². The Hall–Kier alpha value is -2.01. The zero-order chi connectivity index (χ0) is 12.7. The van der Waals surface area contributed by atoms with E-state index in [1.165, 1.54) is 0 Å². The lowest BCUT2D eigenvalue weighted by Gasteiger charge is -1.95. The fourth-order valence-electron chi connectivity index (χ4n) is 2.04. The first-order valence-electron chi connectivity index (χ1n) is 5.47. The average Bonchev–Trinajstić information content (AvgIpc) is 2.81. The third-order valence-corrected chi connectivity index (χ3v) is 3.67. The topological polar surface area (TPSA) is 62.0 Å². The minimum atomic E-state index is -0.324. The molecule has 0 atom stereocenters. The van der Waals surface area contributed by atoms with Crippen LogP contribution in [0.4, 0.5) is 4.79 Å². The van der Waals surface area contributed by atoms with Crippen LogP contribution in [0.2, 0.25) is 0 Å². The zero-order valence-corrected chi connectivity index (χ0v) is 10.4. The molecule has 2 aromatic rings. The van der Waals surface area contributed by atoms with Crippen molar-refractivity contribution >= 4 is 39.9 Å². The van der Waals surface area contributed by atoms with E-state index in [-0.39, 0.29) is 11.1 Å². The number of carbonyl (C=O) groups excluding carboxylic acids is 2. The molecule has 1 aliphatic rings. The van der Waals surface area contributed by atoms with E-state index in [4.69, 9.17) is 0 Å². The van der Waals surface area contributed by atoms with Gasteiger partial charge in [0.1, 0.15) is 0 Å². The number of benzene rings is 1. The van der Waals surface area contributed by atoms with Gasteiger partial charge in [0.2, 0.25) is 0 Å². The molecule has 1 saturated heterocycles. The number of thioether (sulfide) groups is 1. The number of fused-ring (bicyclic) bond motifs is 1. The molecular formula is C13H10N2O2S. The number of nitrogens with one attached hydrogen (secondary N) is 2. The van der Waals surface area contributed by atoms with Crippen molar-refractivity contribution in [3.63, 3.8) is 0 Å². The number of imide groups is 1. The van der Waals surface area contributed by atoms with Gasteiger partial charge >= 0.3 is 0 Å². The van der Waals surface area contributed by atoms with E-state index < -0.39 is 0 Å². The smallest absolute Gasteiger partial charge is 0.290 e. The molecule has 4 nitrogen and oxygen atoms in total. The number of aromatic nitrogens is 1. The average molecular weight is 258 g/mol. The molecule has 3 rings (SSSR count). The van der Waals surface area contributed by atoms with Crippen LogP contribution in [0.15, 0.2) is 29.2 Å². The molecule has 2 amide bonds. The van der Waals surface area contributed by atoms with Crippen LogP contribution in [0.3, 0.4) is 0 Å². The standard InChI is InChI=1S/C13H10N2O2S/c1-7-9(6-11-12(16)15-13(17)18-11)8-4-2-3-5-10(8)14-7/h2-6,14H,1H3,(H,15,16,17)/b11-6+. The quantitative estimate of drug-likeness (QED) is 0.773. The molecule has 2 heterocycles. The van der Waals surface area contributed by atoms with Gasteiger partial charge < -0.3 is 4.98 Å². The maximum absolute atomic E-state index is 11.5. The Balaban J connectivity index is 2.15. The summed E-state index contributed by atoms with van der Waals surface area (Å²) < 4.78 is 0. The number of para-hydroxylation sites is 1. The van der Waals surface area contributed by atoms with Crippen molar-refractivity contribution in [2.75, 3.05) is 0 Å². The van der Waals surface area contributed by atoms with Gasteiger partial charge in [0.05, 0.1) is 4.91 Å². The van der Waals surface area contributed by atoms with Gasteiger partial charge in [-0.3, -0.25) is 14.9 Å². The van der Waals surface area contributed by atoms with Crippen LogP contribution in [-0.2, 0) is 4.79 Å². The van der Waals surface area contributed by atoms with Crippen molar-refractivity contribution in [2.45, 2.75) is 6.92 Å². The Kier molecular flexibility index (Phi) is 2.48. The number of carbonyl (C=O) groups is 2. The highest BCUT2D eigenvalue weighted by Gasteiger charge is 2.25. The highest BCUT2D eigenvalue weighted by Crippen LogP contribution is 2.30. The van der Waals surface area contributed by atoms with Crippen molar-refractivity contribution in [1.29, 1.82) is 0 Å². The second kappa shape index (κ2) is 4.03. The summed E-state index contributed by atoms with van der Waals surface area (Å²) in [5.74, 6) is -0.324. The van der Waals surface area contributed by atoms with Gasteiger partial charge in [0.25, 0.3) is 11.1 Å². The maximum Gasteiger partial charge on any atom is 0.290 e. The van der Waals surface area contributed by atoms with Gasteiger partial charge in [-0.2, -0.15) is 0 Å². The molecule has 0 radical (unpaired) electrons. The molecule has 18 heavy (non-hydrogen) atoms. The maximum atomic E-state index is 11.5. The minimum Gasteiger partial charge on any atom is -0.358 e. The highest BCUT2D eigenvalue weighted by molar-refractivity contribution is 8.18. The van der Waals surface area contributed by atoms with Crippen LogP contribution < -0.4 is 5.32 Å². The van der Waals surface area contributed by atoms with E-state index >= 15 is 0 Å². The first-order valence-corrected chi connectivity index (χ1v) is 6.29. The second-order valence-corrected chi connectivity index (χ2v) is 5.08. The van der Waals surface area contributed by atoms with Crippen molar-refractivity contribution in [3.05, 3.63) is 40.4 Å². The molecule has 0 aliphatic carbocycles. The van der Waals surface area contributed by atoms with E-state index in [1.54, 1.807) is 6.08 Å². The SMILES string of the molecule is Cc1[nH]c2ccccc2c1/C=C1/SC(=O)NC1=O. The van der Waals surface area contributed by atoms with Crippen LogP contribution in [0.25, 0.3) is 17.0 Å². The van der Waals surface area contributed by atoms with Gasteiger partial charge in [-0.1, -0.05) is 18.2 Å². The molecule has 1 aromatic heterocycles. The summed E-state index contributed by atoms with van der Waals surface area (Å²) >= 11 is 0.937. The fourth-order valence-corrected chi connectivity index (χ4v) is 2.70. The number of aromatic amines is 1. The summed E-state index contributed by atoms with van der Waals surface area (Å²) in [5.41, 5.74) is 2.96. The van der Waals surface area contributed by atoms with Gasteiger partial charge in [-0.15, -0.1) is 0 Å². The lowest BCUT2D eigenvalue weighted by atomic mass is 10.1. The number of hydrogen-bond donors (Lipinski definition) is 2. The fraction of sp³-hybridized carbons (Fsp3) is 0.0769. The minimum absolute atomic E-state index is 0.316. The third kappa shape index (κ3) is 1.73. The zero-order valence-electron chi connectivity index (χ0n) is 9.61. The Bertz CT molecular complexity index is 700. The van der Waals surface area contributed by atoms with Gasteiger partial charge in [0, 0.05) is 22.2 Å². The summed E-state index contributed by atoms with van der Waals surface area (Å²) in [6.45, 7) is 1.95. The normalized spacial score (nSPS) is 17.7. The van der Waals surface area contributed by atoms with E-state index in [9.17, 15) is 9.59 Å². The molecule has 1 aliphatic heterocycles. The lowest BCUT2D eigenvalue weighted by Crippen LogP contribution is -2.17. The van der Waals surface area contributed by atoms with E-state index in [0.29, 0.717) is 4.91 Å². The summed E-state index contributed by atoms with van der Waals surface area (Å²) in [5, 5.41) is 2.99. The second-order valence-electron chi connectivity index (χ2n) is 4.06. The third-order valence-electron chi connectivity index (χ3n) is 2.86. The predicted octanol–water partition coefficient (Wildman–Crippen LogP) is 2.80. The summed E-state index contributed by atoms with van der Waals surface area (Å²) in [4.78, 5) is 26.3. The summed E-state index contributed by atoms with van der Waals surface area (Å²) in [6, 6.07) is 7.88. The number of aryl methyl sites for hydroxylation is 1. The predicted molar refractivity (Wildman–Crippen MR) is 72.1 cm³/mol. The number of rotatable bonds is 1. The van der Waals surface area contributed by atoms with E-state index in [1.807, 2.05) is 31.2 Å². The number of amides is 2. The summed E-state index contributed by atoms with van der Waals surface area (Å²) in [6.07, 6.45) is 1.76. The first-order chi connectivity index (χ1) is 8.65. The number of hydrogen-bond acceptors (Lipinski definition) is 3. The van der Waals surface area contributed by atoms with Gasteiger partial charge in [-0.25, -0.2) is 0 Å². The molecule has 0 unspecified atom stereocenters. The Morgan fingerprint density at radius 1 is 1.22 bits per heavy atom. The Morgan fingerprint density at radius 2 is 2.00 bits per heavy atom. The van der Waals surface area contributed by atoms with Crippen molar-refractivity contribution < 1.29 is 9.59 Å². The highest BCUT2D eigenvalue weighted by atomic mass is 32.2. The van der Waals surface area contributed by atoms with Gasteiger partial charge in [-0.05, 0) is 30.8 Å². The molecule has 0 bridgehead atoms. The van der Waals surface area contributed by atoms with Crippen LogP contribution in [-0.4, -0.2) is 16.1 Å². The molecule has 90 valence electrons. The molecule has 1 fully saturated rings. The summed E-state index contributed by atoms with van der Waals surface area (Å²) in [7, 11) is 0. The van der Waals surface area contributed by atoms with Crippen LogP contribution in [0, 0.1) is 6.92 Å². The van der Waals surface area contributed by atoms with E-state index in [2.05, 4.69) is 10.3 Å². The molecular weight excluding hydrogens is 248 g/mol. The van der Waals surface area contributed by atoms with Crippen molar-refractivity contribution in [3.8, 4) is 0 Å². The Morgan fingerprint density at radius 3 is 2.72 bits per heavy atom. The van der Waals surface area contributed by atoms with Crippen molar-refractivity contribution in [2.24, 2.45) is 0 Å². The molecule has 1 aromatic carbocycles. The largest absolute Gasteiger partial charge is 0.358 e. The Labute approximate surface area is 107 Å². The molecule has 2 N–H and O–H groups in total. The molecule has 0 saturated carbocycles.